The van der Waals surface area contributed by atoms with Crippen LogP contribution in [-0.4, -0.2) is 36.5 Å². The molecule has 0 radical (unpaired) electrons. The monoisotopic (exact) mass is 237 g/mol. The van der Waals surface area contributed by atoms with E-state index in [4.69, 9.17) is 10.2 Å². The molecular weight excluding hydrogens is 214 g/mol. The third-order valence-electron chi connectivity index (χ3n) is 2.96. The van der Waals surface area contributed by atoms with Gasteiger partial charge in [-0.05, 0) is 30.0 Å². The van der Waals surface area contributed by atoms with Crippen LogP contribution < -0.4 is 4.90 Å². The van der Waals surface area contributed by atoms with Gasteiger partial charge in [0.1, 0.15) is 0 Å². The maximum absolute atomic E-state index is 9.13. The van der Waals surface area contributed by atoms with Crippen molar-refractivity contribution in [3.05, 3.63) is 29.8 Å². The van der Waals surface area contributed by atoms with Gasteiger partial charge in [0.25, 0.3) is 0 Å². The third-order valence-corrected chi connectivity index (χ3v) is 2.96. The van der Waals surface area contributed by atoms with Gasteiger partial charge in [0.2, 0.25) is 0 Å². The van der Waals surface area contributed by atoms with Crippen molar-refractivity contribution in [1.82, 2.24) is 0 Å². The van der Waals surface area contributed by atoms with E-state index < -0.39 is 0 Å². The van der Waals surface area contributed by atoms with Gasteiger partial charge >= 0.3 is 0 Å². The summed E-state index contributed by atoms with van der Waals surface area (Å²) < 4.78 is 0. The van der Waals surface area contributed by atoms with Crippen LogP contribution in [0.1, 0.15) is 19.4 Å². The molecule has 0 aliphatic rings. The molecule has 0 amide bonds. The molecule has 17 heavy (non-hydrogen) atoms. The Kier molecular flexibility index (Phi) is 5.45. The summed E-state index contributed by atoms with van der Waals surface area (Å²) in [5.74, 6) is 0.654. The van der Waals surface area contributed by atoms with Gasteiger partial charge in [-0.15, -0.1) is 0 Å². The number of benzene rings is 1. The predicted octanol–water partition coefficient (Wildman–Crippen LogP) is 1.67. The molecule has 1 rings (SSSR count). The first-order chi connectivity index (χ1) is 8.08. The van der Waals surface area contributed by atoms with Crippen molar-refractivity contribution >= 4 is 5.69 Å². The molecule has 0 fully saturated rings. The van der Waals surface area contributed by atoms with E-state index in [-0.39, 0.29) is 19.3 Å². The fourth-order valence-corrected chi connectivity index (χ4v) is 1.85. The van der Waals surface area contributed by atoms with Crippen LogP contribution in [0.5, 0.6) is 0 Å². The highest BCUT2D eigenvalue weighted by molar-refractivity contribution is 5.48. The van der Waals surface area contributed by atoms with E-state index in [0.717, 1.165) is 12.1 Å². The molecule has 0 aliphatic carbocycles. The molecule has 96 valence electrons. The first-order valence-corrected chi connectivity index (χ1v) is 6.12. The van der Waals surface area contributed by atoms with Crippen LogP contribution in [0, 0.1) is 5.92 Å². The first-order valence-electron chi connectivity index (χ1n) is 6.12. The van der Waals surface area contributed by atoms with E-state index in [1.807, 2.05) is 24.1 Å². The van der Waals surface area contributed by atoms with Crippen LogP contribution >= 0.6 is 0 Å². The molecule has 0 unspecified atom stereocenters. The Morgan fingerprint density at radius 1 is 1.06 bits per heavy atom. The SMILES string of the molecule is CC(C)Cc1ccc(N(C)C(CO)CO)cc1. The van der Waals surface area contributed by atoms with Crippen molar-refractivity contribution in [1.29, 1.82) is 0 Å². The first kappa shape index (κ1) is 14.0. The zero-order valence-corrected chi connectivity index (χ0v) is 10.9. The lowest BCUT2D eigenvalue weighted by Gasteiger charge is -2.27. The van der Waals surface area contributed by atoms with E-state index in [0.29, 0.717) is 5.92 Å². The Morgan fingerprint density at radius 2 is 1.59 bits per heavy atom. The molecule has 1 aromatic rings. The Morgan fingerprint density at radius 3 is 2.00 bits per heavy atom. The molecule has 0 bridgehead atoms. The number of nitrogens with zero attached hydrogens (tertiary/aromatic N) is 1. The highest BCUT2D eigenvalue weighted by Gasteiger charge is 2.12. The summed E-state index contributed by atoms with van der Waals surface area (Å²) in [6.07, 6.45) is 1.08. The van der Waals surface area contributed by atoms with Crippen molar-refractivity contribution in [3.8, 4) is 0 Å². The summed E-state index contributed by atoms with van der Waals surface area (Å²) in [6.45, 7) is 4.32. The van der Waals surface area contributed by atoms with E-state index >= 15 is 0 Å². The number of likely N-dealkylation sites (N-methyl/N-ethyl adjacent to an activating group) is 1. The number of aliphatic hydroxyl groups is 2. The van der Waals surface area contributed by atoms with Crippen molar-refractivity contribution < 1.29 is 10.2 Å². The fourth-order valence-electron chi connectivity index (χ4n) is 1.85. The lowest BCUT2D eigenvalue weighted by Crippen LogP contribution is -2.37. The van der Waals surface area contributed by atoms with Crippen LogP contribution in [0.25, 0.3) is 0 Å². The predicted molar refractivity (Wildman–Crippen MR) is 71.3 cm³/mol. The molecule has 3 heteroatoms. The van der Waals surface area contributed by atoms with Gasteiger partial charge in [-0.1, -0.05) is 26.0 Å². The zero-order chi connectivity index (χ0) is 12.8. The van der Waals surface area contributed by atoms with E-state index in [2.05, 4.69) is 26.0 Å². The topological polar surface area (TPSA) is 43.7 Å². The summed E-state index contributed by atoms with van der Waals surface area (Å²) in [5, 5.41) is 18.3. The van der Waals surface area contributed by atoms with Crippen LogP contribution in [-0.2, 0) is 6.42 Å². The van der Waals surface area contributed by atoms with Crippen LogP contribution in [0.15, 0.2) is 24.3 Å². The smallest absolute Gasteiger partial charge is 0.0748 e. The summed E-state index contributed by atoms with van der Waals surface area (Å²) in [6, 6.07) is 8.06. The van der Waals surface area contributed by atoms with Gasteiger partial charge in [0, 0.05) is 12.7 Å². The molecule has 0 atom stereocenters. The van der Waals surface area contributed by atoms with Crippen molar-refractivity contribution in [2.75, 3.05) is 25.2 Å². The minimum Gasteiger partial charge on any atom is -0.394 e. The summed E-state index contributed by atoms with van der Waals surface area (Å²) in [4.78, 5) is 1.90. The number of anilines is 1. The lowest BCUT2D eigenvalue weighted by atomic mass is 10.0. The highest BCUT2D eigenvalue weighted by Crippen LogP contribution is 2.17. The average molecular weight is 237 g/mol. The molecule has 0 spiro atoms. The molecule has 0 saturated heterocycles. The van der Waals surface area contributed by atoms with Crippen LogP contribution in [0.2, 0.25) is 0 Å². The minimum absolute atomic E-state index is 0.0409. The zero-order valence-electron chi connectivity index (χ0n) is 10.9. The number of hydrogen-bond donors (Lipinski definition) is 2. The van der Waals surface area contributed by atoms with Crippen molar-refractivity contribution in [2.45, 2.75) is 26.3 Å². The van der Waals surface area contributed by atoms with E-state index in [9.17, 15) is 0 Å². The molecule has 0 heterocycles. The number of hydrogen-bond acceptors (Lipinski definition) is 3. The maximum atomic E-state index is 9.13. The van der Waals surface area contributed by atoms with Crippen molar-refractivity contribution in [2.24, 2.45) is 5.92 Å². The standard InChI is InChI=1S/C14H23NO2/c1-11(2)8-12-4-6-13(7-5-12)15(3)14(9-16)10-17/h4-7,11,14,16-17H,8-10H2,1-3H3. The third kappa shape index (κ3) is 4.02. The van der Waals surface area contributed by atoms with E-state index in [1.165, 1.54) is 5.56 Å². The summed E-state index contributed by atoms with van der Waals surface area (Å²) >= 11 is 0. The normalized spacial score (nSPS) is 11.2. The van der Waals surface area contributed by atoms with E-state index in [1.54, 1.807) is 0 Å². The Labute approximate surface area is 104 Å². The summed E-state index contributed by atoms with van der Waals surface area (Å²) in [7, 11) is 1.88. The second kappa shape index (κ2) is 6.62. The number of aliphatic hydroxyl groups excluding tert-OH is 2. The van der Waals surface area contributed by atoms with Gasteiger partial charge in [-0.25, -0.2) is 0 Å². The molecule has 3 nitrogen and oxygen atoms in total. The van der Waals surface area contributed by atoms with Gasteiger partial charge in [-0.2, -0.15) is 0 Å². The molecule has 0 aromatic heterocycles. The minimum atomic E-state index is -0.231. The lowest BCUT2D eigenvalue weighted by molar-refractivity contribution is 0.191. The largest absolute Gasteiger partial charge is 0.394 e. The second-order valence-electron chi connectivity index (χ2n) is 4.89. The Hall–Kier alpha value is -1.06. The van der Waals surface area contributed by atoms with Crippen LogP contribution in [0.3, 0.4) is 0 Å². The molecule has 0 saturated carbocycles. The fraction of sp³-hybridized carbons (Fsp3) is 0.571. The van der Waals surface area contributed by atoms with Gasteiger partial charge in [0.15, 0.2) is 0 Å². The van der Waals surface area contributed by atoms with Gasteiger partial charge in [0.05, 0.1) is 19.3 Å². The molecule has 1 aromatic carbocycles. The second-order valence-corrected chi connectivity index (χ2v) is 4.89. The van der Waals surface area contributed by atoms with Crippen molar-refractivity contribution in [3.63, 3.8) is 0 Å². The highest BCUT2D eigenvalue weighted by atomic mass is 16.3. The summed E-state index contributed by atoms with van der Waals surface area (Å²) in [5.41, 5.74) is 2.34. The number of rotatable bonds is 6. The quantitative estimate of drug-likeness (QED) is 0.791. The van der Waals surface area contributed by atoms with Gasteiger partial charge in [-0.3, -0.25) is 0 Å². The Bertz CT molecular complexity index is 317. The van der Waals surface area contributed by atoms with Crippen LogP contribution in [0.4, 0.5) is 5.69 Å². The molecule has 0 aliphatic heterocycles. The van der Waals surface area contributed by atoms with Gasteiger partial charge < -0.3 is 15.1 Å². The maximum Gasteiger partial charge on any atom is 0.0748 e. The molecule has 2 N–H and O–H groups in total. The molecular formula is C14H23NO2. The Balaban J connectivity index is 2.72. The average Bonchev–Trinajstić information content (AvgIpc) is 2.30.